The Kier molecular flexibility index (Phi) is 5.50. The number of hydrogen-bond donors (Lipinski definition) is 1. The molecule has 1 aliphatic carbocycles. The number of aromatic amines is 1. The number of fused-ring (bicyclic) bond motifs is 4. The fourth-order valence-electron chi connectivity index (χ4n) is 5.25. The summed E-state index contributed by atoms with van der Waals surface area (Å²) in [7, 11) is -5.21. The summed E-state index contributed by atoms with van der Waals surface area (Å²) in [5.41, 5.74) is 4.78. The van der Waals surface area contributed by atoms with Crippen LogP contribution in [-0.2, 0) is 16.9 Å². The Bertz CT molecular complexity index is 1980. The van der Waals surface area contributed by atoms with Crippen LogP contribution >= 0.6 is 0 Å². The Labute approximate surface area is 217 Å². The first-order valence-electron chi connectivity index (χ1n) is 12.3. The summed E-state index contributed by atoms with van der Waals surface area (Å²) in [4.78, 5) is 21.4. The number of hydrogen-bond acceptors (Lipinski definition) is 6. The van der Waals surface area contributed by atoms with Gasteiger partial charge in [0.05, 0.1) is 28.7 Å². The van der Waals surface area contributed by atoms with Gasteiger partial charge in [0.25, 0.3) is 0 Å². The van der Waals surface area contributed by atoms with Gasteiger partial charge in [-0.2, -0.15) is 13.7 Å². The van der Waals surface area contributed by atoms with E-state index in [-0.39, 0.29) is 23.1 Å². The first-order chi connectivity index (χ1) is 18.1. The van der Waals surface area contributed by atoms with Gasteiger partial charge in [-0.25, -0.2) is 0 Å². The van der Waals surface area contributed by atoms with Crippen LogP contribution in [0.5, 0.6) is 5.75 Å². The molecule has 0 bridgehead atoms. The molecule has 3 heterocycles. The normalized spacial score (nSPS) is 14.0. The summed E-state index contributed by atoms with van der Waals surface area (Å²) in [6.45, 7) is 4.14. The second-order valence-electron chi connectivity index (χ2n) is 10.2. The maximum absolute atomic E-state index is 14.0. The van der Waals surface area contributed by atoms with Crippen molar-refractivity contribution in [3.63, 3.8) is 0 Å². The molecule has 2 aromatic carbocycles. The van der Waals surface area contributed by atoms with Crippen molar-refractivity contribution in [3.05, 3.63) is 70.1 Å². The maximum Gasteiger partial charge on any atom is 0.488 e. The van der Waals surface area contributed by atoms with E-state index in [1.807, 2.05) is 18.2 Å². The Morgan fingerprint density at radius 1 is 1.18 bits per heavy atom. The Balaban J connectivity index is 1.69. The van der Waals surface area contributed by atoms with Crippen molar-refractivity contribution in [2.45, 2.75) is 39.2 Å². The van der Waals surface area contributed by atoms with Crippen LogP contribution in [0, 0.1) is 17.2 Å². The zero-order valence-electron chi connectivity index (χ0n) is 20.7. The molecule has 1 N–H and O–H groups in total. The fraction of sp³-hybridized carbons (Fsp3) is 0.250. The number of halogens is 1. The summed E-state index contributed by atoms with van der Waals surface area (Å²) in [5, 5.41) is 11.3. The standard InChI is InChI=1S/C28H23FN4O4S/c1-15(2)7-17-10-23-25(11-22(17)18-9-20(14-31-13-18)37-38(29,35)36)33(19-4-5-19)28-26(27(23)34)21-6-3-16(12-30)8-24(21)32-28/h3,6,8-11,13-15,19,32H,4-5,7H2,1-2H3. The number of nitrogens with one attached hydrogen (secondary N) is 1. The van der Waals surface area contributed by atoms with Crippen LogP contribution in [0.2, 0.25) is 0 Å². The number of nitrogens with zero attached hydrogens (tertiary/aromatic N) is 3. The summed E-state index contributed by atoms with van der Waals surface area (Å²) < 4.78 is 41.9. The van der Waals surface area contributed by atoms with Gasteiger partial charge < -0.3 is 13.7 Å². The van der Waals surface area contributed by atoms with Gasteiger partial charge >= 0.3 is 10.5 Å². The smallest absolute Gasteiger partial charge is 0.357 e. The largest absolute Gasteiger partial charge is 0.488 e. The average molecular weight is 531 g/mol. The zero-order chi connectivity index (χ0) is 26.8. The highest BCUT2D eigenvalue weighted by Gasteiger charge is 2.29. The van der Waals surface area contributed by atoms with Crippen LogP contribution in [0.25, 0.3) is 44.0 Å². The van der Waals surface area contributed by atoms with Crippen LogP contribution in [0.4, 0.5) is 3.89 Å². The Morgan fingerprint density at radius 3 is 2.66 bits per heavy atom. The summed E-state index contributed by atoms with van der Waals surface area (Å²) >= 11 is 0. The van der Waals surface area contributed by atoms with Crippen molar-refractivity contribution < 1.29 is 16.5 Å². The predicted molar refractivity (Wildman–Crippen MR) is 143 cm³/mol. The molecule has 5 aromatic rings. The summed E-state index contributed by atoms with van der Waals surface area (Å²) in [5.74, 6) is 0.0243. The van der Waals surface area contributed by atoms with E-state index in [0.717, 1.165) is 46.6 Å². The lowest BCUT2D eigenvalue weighted by Gasteiger charge is -2.18. The van der Waals surface area contributed by atoms with E-state index in [1.165, 1.54) is 6.07 Å². The Morgan fingerprint density at radius 2 is 1.97 bits per heavy atom. The van der Waals surface area contributed by atoms with Crippen molar-refractivity contribution in [1.29, 1.82) is 5.26 Å². The predicted octanol–water partition coefficient (Wildman–Crippen LogP) is 5.70. The van der Waals surface area contributed by atoms with Gasteiger partial charge in [0.1, 0.15) is 5.65 Å². The van der Waals surface area contributed by atoms with Gasteiger partial charge in [0, 0.05) is 34.1 Å². The van der Waals surface area contributed by atoms with Gasteiger partial charge in [-0.05, 0) is 66.6 Å². The molecule has 0 radical (unpaired) electrons. The fourth-order valence-corrected chi connectivity index (χ4v) is 5.57. The van der Waals surface area contributed by atoms with Gasteiger partial charge in [0.15, 0.2) is 11.2 Å². The third-order valence-electron chi connectivity index (χ3n) is 6.86. The van der Waals surface area contributed by atoms with Crippen LogP contribution in [0.1, 0.15) is 43.9 Å². The molecule has 1 aliphatic rings. The van der Waals surface area contributed by atoms with Gasteiger partial charge in [-0.15, -0.1) is 0 Å². The SMILES string of the molecule is CC(C)Cc1cc2c(=O)c3c4ccc(C#N)cc4[nH]c3n(C3CC3)c2cc1-c1cncc(OS(=O)(=O)F)c1. The highest BCUT2D eigenvalue weighted by molar-refractivity contribution is 7.81. The summed E-state index contributed by atoms with van der Waals surface area (Å²) in [6.07, 6.45) is 5.28. The molecule has 0 unspecified atom stereocenters. The molecule has 6 rings (SSSR count). The molecule has 8 nitrogen and oxygen atoms in total. The van der Waals surface area contributed by atoms with Gasteiger partial charge in [-0.3, -0.25) is 9.78 Å². The second kappa shape index (κ2) is 8.67. The number of benzene rings is 2. The van der Waals surface area contributed by atoms with E-state index in [9.17, 15) is 22.4 Å². The molecule has 38 heavy (non-hydrogen) atoms. The minimum absolute atomic E-state index is 0.0989. The van der Waals surface area contributed by atoms with Crippen molar-refractivity contribution in [1.82, 2.24) is 14.5 Å². The molecule has 3 aromatic heterocycles. The molecule has 0 aliphatic heterocycles. The average Bonchev–Trinajstić information content (AvgIpc) is 3.62. The van der Waals surface area contributed by atoms with E-state index >= 15 is 0 Å². The van der Waals surface area contributed by atoms with Gasteiger partial charge in [-0.1, -0.05) is 23.8 Å². The van der Waals surface area contributed by atoms with E-state index < -0.39 is 10.5 Å². The third-order valence-corrected chi connectivity index (χ3v) is 7.25. The number of rotatable bonds is 6. The lowest BCUT2D eigenvalue weighted by molar-refractivity contribution is 0.439. The molecular formula is C28H23FN4O4S. The lowest BCUT2D eigenvalue weighted by Crippen LogP contribution is -2.12. The van der Waals surface area contributed by atoms with E-state index in [4.69, 9.17) is 0 Å². The molecule has 0 spiro atoms. The topological polar surface area (TPSA) is 118 Å². The van der Waals surface area contributed by atoms with Crippen molar-refractivity contribution in [2.24, 2.45) is 5.92 Å². The Hall–Kier alpha value is -4.23. The summed E-state index contributed by atoms with van der Waals surface area (Å²) in [6, 6.07) is 12.9. The first-order valence-corrected chi connectivity index (χ1v) is 13.6. The quantitative estimate of drug-likeness (QED) is 0.282. The highest BCUT2D eigenvalue weighted by Crippen LogP contribution is 2.42. The molecule has 0 saturated heterocycles. The maximum atomic E-state index is 14.0. The van der Waals surface area contributed by atoms with E-state index in [2.05, 4.69) is 38.6 Å². The highest BCUT2D eigenvalue weighted by atomic mass is 32.3. The molecule has 1 fully saturated rings. The van der Waals surface area contributed by atoms with Crippen LogP contribution < -0.4 is 9.61 Å². The van der Waals surface area contributed by atoms with Crippen LogP contribution in [0.3, 0.4) is 0 Å². The lowest BCUT2D eigenvalue weighted by atomic mass is 9.92. The first kappa shape index (κ1) is 24.1. The number of nitriles is 1. The van der Waals surface area contributed by atoms with Gasteiger partial charge in [0.2, 0.25) is 0 Å². The number of pyridine rings is 2. The molecular weight excluding hydrogens is 507 g/mol. The second-order valence-corrected chi connectivity index (χ2v) is 11.1. The third kappa shape index (κ3) is 4.19. The molecule has 0 amide bonds. The minimum atomic E-state index is -5.21. The molecule has 10 heteroatoms. The number of aromatic nitrogens is 3. The van der Waals surface area contributed by atoms with Crippen LogP contribution in [0.15, 0.2) is 53.6 Å². The van der Waals surface area contributed by atoms with Crippen LogP contribution in [-0.4, -0.2) is 23.0 Å². The van der Waals surface area contributed by atoms with Crippen molar-refractivity contribution >= 4 is 43.3 Å². The number of H-pyrrole nitrogens is 1. The zero-order valence-corrected chi connectivity index (χ0v) is 21.5. The molecule has 192 valence electrons. The minimum Gasteiger partial charge on any atom is -0.357 e. The van der Waals surface area contributed by atoms with E-state index in [1.54, 1.807) is 18.3 Å². The molecule has 0 atom stereocenters. The molecule has 1 saturated carbocycles. The monoisotopic (exact) mass is 530 g/mol. The van der Waals surface area contributed by atoms with E-state index in [0.29, 0.717) is 34.0 Å². The van der Waals surface area contributed by atoms with Crippen molar-refractivity contribution in [3.8, 4) is 22.9 Å². The van der Waals surface area contributed by atoms with Crippen molar-refractivity contribution in [2.75, 3.05) is 0 Å².